The van der Waals surface area contributed by atoms with Gasteiger partial charge >= 0.3 is 0 Å². The van der Waals surface area contributed by atoms with Gasteiger partial charge in [-0.15, -0.1) is 0 Å². The minimum Gasteiger partial charge on any atom is -0.368 e. The molecule has 2 aromatic heterocycles. The van der Waals surface area contributed by atoms with Crippen molar-refractivity contribution in [2.24, 2.45) is 7.05 Å². The molecule has 0 spiro atoms. The topological polar surface area (TPSA) is 76.8 Å². The van der Waals surface area contributed by atoms with Crippen molar-refractivity contribution in [2.75, 3.05) is 17.2 Å². The van der Waals surface area contributed by atoms with Gasteiger partial charge in [-0.25, -0.2) is 9.67 Å². The summed E-state index contributed by atoms with van der Waals surface area (Å²) in [4.78, 5) is 16.0. The van der Waals surface area contributed by atoms with Crippen molar-refractivity contribution >= 4 is 17.4 Å². The van der Waals surface area contributed by atoms with Gasteiger partial charge in [0.25, 0.3) is 5.91 Å². The van der Waals surface area contributed by atoms with Crippen molar-refractivity contribution in [3.05, 3.63) is 24.4 Å². The molecule has 1 amide bonds. The molecule has 0 atom stereocenters. The number of fused-ring (bicyclic) bond motifs is 1. The number of amides is 1. The molecule has 0 saturated heterocycles. The van der Waals surface area contributed by atoms with Gasteiger partial charge in [-0.05, 0) is 6.42 Å². The van der Waals surface area contributed by atoms with E-state index in [1.807, 2.05) is 4.68 Å². The molecule has 0 fully saturated rings. The van der Waals surface area contributed by atoms with Crippen molar-refractivity contribution in [1.82, 2.24) is 19.3 Å². The molecule has 0 bridgehead atoms. The number of hydrogen-bond donors (Lipinski definition) is 2. The van der Waals surface area contributed by atoms with Gasteiger partial charge in [0.15, 0.2) is 0 Å². The zero-order valence-electron chi connectivity index (χ0n) is 10.1. The Bertz CT molecular complexity index is 584. The summed E-state index contributed by atoms with van der Waals surface area (Å²) in [6.07, 6.45) is 5.85. The predicted octanol–water partition coefficient (Wildman–Crippen LogP) is 0.684. The van der Waals surface area contributed by atoms with Crippen LogP contribution in [0.25, 0.3) is 0 Å². The Hall–Kier alpha value is -2.31. The summed E-state index contributed by atoms with van der Waals surface area (Å²) in [6, 6.07) is 0. The van der Waals surface area contributed by atoms with E-state index >= 15 is 0 Å². The number of aromatic nitrogens is 4. The molecule has 0 saturated carbocycles. The van der Waals surface area contributed by atoms with E-state index in [1.165, 1.54) is 0 Å². The number of carbonyl (C=O) groups is 1. The third-order valence-corrected chi connectivity index (χ3v) is 2.98. The van der Waals surface area contributed by atoms with Crippen molar-refractivity contribution in [3.8, 4) is 0 Å². The number of aryl methyl sites for hydroxylation is 2. The average Bonchev–Trinajstić information content (AvgIpc) is 2.97. The summed E-state index contributed by atoms with van der Waals surface area (Å²) in [7, 11) is 1.79. The highest BCUT2D eigenvalue weighted by atomic mass is 16.2. The van der Waals surface area contributed by atoms with Crippen molar-refractivity contribution in [3.63, 3.8) is 0 Å². The van der Waals surface area contributed by atoms with Gasteiger partial charge in [0.2, 0.25) is 0 Å². The number of imidazole rings is 1. The molecule has 0 unspecified atom stereocenters. The van der Waals surface area contributed by atoms with Gasteiger partial charge < -0.3 is 15.2 Å². The molecule has 0 aromatic carbocycles. The summed E-state index contributed by atoms with van der Waals surface area (Å²) in [5, 5.41) is 10.3. The first-order valence-corrected chi connectivity index (χ1v) is 5.83. The van der Waals surface area contributed by atoms with E-state index in [0.29, 0.717) is 11.4 Å². The highest BCUT2D eigenvalue weighted by Crippen LogP contribution is 2.24. The molecule has 7 nitrogen and oxygen atoms in total. The van der Waals surface area contributed by atoms with E-state index in [-0.39, 0.29) is 5.91 Å². The normalized spacial score (nSPS) is 13.8. The third-order valence-electron chi connectivity index (χ3n) is 2.98. The molecule has 0 aliphatic carbocycles. The van der Waals surface area contributed by atoms with Crippen LogP contribution in [0.4, 0.5) is 11.5 Å². The lowest BCUT2D eigenvalue weighted by Gasteiger charge is -2.17. The lowest BCUT2D eigenvalue weighted by Crippen LogP contribution is -2.20. The quantitative estimate of drug-likeness (QED) is 0.817. The third kappa shape index (κ3) is 1.73. The molecule has 1 aliphatic heterocycles. The van der Waals surface area contributed by atoms with Crippen LogP contribution >= 0.6 is 0 Å². The van der Waals surface area contributed by atoms with Gasteiger partial charge in [0.1, 0.15) is 17.2 Å². The number of hydrogen-bond acceptors (Lipinski definition) is 4. The summed E-state index contributed by atoms with van der Waals surface area (Å²) in [5.41, 5.74) is 1.23. The molecule has 0 radical (unpaired) electrons. The summed E-state index contributed by atoms with van der Waals surface area (Å²) < 4.78 is 3.54. The van der Waals surface area contributed by atoms with E-state index in [9.17, 15) is 4.79 Å². The second-order valence-electron chi connectivity index (χ2n) is 4.25. The van der Waals surface area contributed by atoms with Crippen molar-refractivity contribution in [2.45, 2.75) is 13.0 Å². The minimum absolute atomic E-state index is 0.182. The van der Waals surface area contributed by atoms with Gasteiger partial charge in [-0.1, -0.05) is 0 Å². The van der Waals surface area contributed by atoms with Gasteiger partial charge in [0.05, 0.1) is 18.7 Å². The van der Waals surface area contributed by atoms with Gasteiger partial charge in [-0.3, -0.25) is 4.79 Å². The van der Waals surface area contributed by atoms with Crippen LogP contribution in [-0.4, -0.2) is 31.8 Å². The minimum atomic E-state index is -0.182. The number of carbonyl (C=O) groups excluding carboxylic acids is 1. The monoisotopic (exact) mass is 246 g/mol. The van der Waals surface area contributed by atoms with Crippen LogP contribution in [0.5, 0.6) is 0 Å². The van der Waals surface area contributed by atoms with Crippen LogP contribution in [0.3, 0.4) is 0 Å². The molecule has 2 aromatic rings. The fourth-order valence-electron chi connectivity index (χ4n) is 2.03. The Morgan fingerprint density at radius 1 is 1.50 bits per heavy atom. The molecule has 94 valence electrons. The van der Waals surface area contributed by atoms with E-state index < -0.39 is 0 Å². The van der Waals surface area contributed by atoms with Crippen LogP contribution in [0.15, 0.2) is 18.7 Å². The Balaban J connectivity index is 1.83. The standard InChI is InChI=1S/C11H14N6O/c1-16-7-12-6-9(16)11(18)15-8-5-14-17-4-2-3-13-10(8)17/h5-7,13H,2-4H2,1H3,(H,15,18). The van der Waals surface area contributed by atoms with Crippen LogP contribution in [0, 0.1) is 0 Å². The second kappa shape index (κ2) is 4.17. The Labute approximate surface area is 104 Å². The second-order valence-corrected chi connectivity index (χ2v) is 4.25. The molecule has 3 heterocycles. The van der Waals surface area contributed by atoms with E-state index in [4.69, 9.17) is 0 Å². The number of nitrogens with zero attached hydrogens (tertiary/aromatic N) is 4. The maximum atomic E-state index is 12.0. The Morgan fingerprint density at radius 2 is 2.39 bits per heavy atom. The fourth-order valence-corrected chi connectivity index (χ4v) is 2.03. The van der Waals surface area contributed by atoms with Gasteiger partial charge in [-0.2, -0.15) is 5.10 Å². The summed E-state index contributed by atoms with van der Waals surface area (Å²) in [6.45, 7) is 1.78. The molecule has 2 N–H and O–H groups in total. The zero-order valence-corrected chi connectivity index (χ0v) is 10.1. The lowest BCUT2D eigenvalue weighted by atomic mass is 10.3. The fraction of sp³-hybridized carbons (Fsp3) is 0.364. The van der Waals surface area contributed by atoms with Crippen molar-refractivity contribution < 1.29 is 4.79 Å². The largest absolute Gasteiger partial charge is 0.368 e. The number of rotatable bonds is 2. The number of nitrogens with one attached hydrogen (secondary N) is 2. The predicted molar refractivity (Wildman–Crippen MR) is 66.5 cm³/mol. The first kappa shape index (κ1) is 10.8. The molecule has 7 heteroatoms. The van der Waals surface area contributed by atoms with E-state index in [0.717, 1.165) is 25.3 Å². The van der Waals surface area contributed by atoms with Crippen LogP contribution in [0.1, 0.15) is 16.9 Å². The summed E-state index contributed by atoms with van der Waals surface area (Å²) >= 11 is 0. The average molecular weight is 246 g/mol. The molecule has 3 rings (SSSR count). The Kier molecular flexibility index (Phi) is 2.51. The smallest absolute Gasteiger partial charge is 0.274 e. The van der Waals surface area contributed by atoms with Crippen molar-refractivity contribution in [1.29, 1.82) is 0 Å². The van der Waals surface area contributed by atoms with Crippen LogP contribution in [0.2, 0.25) is 0 Å². The molecular weight excluding hydrogens is 232 g/mol. The SMILES string of the molecule is Cn1cncc1C(=O)Nc1cnn2c1NCCC2. The first-order chi connectivity index (χ1) is 8.75. The highest BCUT2D eigenvalue weighted by Gasteiger charge is 2.17. The van der Waals surface area contributed by atoms with E-state index in [1.54, 1.807) is 30.3 Å². The van der Waals surface area contributed by atoms with Gasteiger partial charge in [0, 0.05) is 20.1 Å². The summed E-state index contributed by atoms with van der Waals surface area (Å²) in [5.74, 6) is 0.690. The highest BCUT2D eigenvalue weighted by molar-refractivity contribution is 6.04. The number of anilines is 2. The lowest BCUT2D eigenvalue weighted by molar-refractivity contribution is 0.101. The van der Waals surface area contributed by atoms with E-state index in [2.05, 4.69) is 20.7 Å². The van der Waals surface area contributed by atoms with Crippen LogP contribution in [-0.2, 0) is 13.6 Å². The molecule has 1 aliphatic rings. The van der Waals surface area contributed by atoms with Crippen LogP contribution < -0.4 is 10.6 Å². The maximum absolute atomic E-state index is 12.0. The Morgan fingerprint density at radius 3 is 3.17 bits per heavy atom. The first-order valence-electron chi connectivity index (χ1n) is 5.83. The zero-order chi connectivity index (χ0) is 12.5. The molecular formula is C11H14N6O. The molecule has 18 heavy (non-hydrogen) atoms. The maximum Gasteiger partial charge on any atom is 0.274 e.